The zero-order chi connectivity index (χ0) is 8.10. The Morgan fingerprint density at radius 2 is 2.09 bits per heavy atom. The van der Waals surface area contributed by atoms with Crippen LogP contribution in [0.15, 0.2) is 30.6 Å². The van der Waals surface area contributed by atoms with E-state index in [0.29, 0.717) is 0 Å². The Morgan fingerprint density at radius 1 is 1.45 bits per heavy atom. The largest absolute Gasteiger partial charge is 0.295 e. The van der Waals surface area contributed by atoms with Crippen molar-refractivity contribution in [3.8, 4) is 0 Å². The van der Waals surface area contributed by atoms with Gasteiger partial charge < -0.3 is 0 Å². The Morgan fingerprint density at radius 3 is 2.64 bits per heavy atom. The Hall–Kier alpha value is -1.44. The third kappa shape index (κ3) is 2.76. The van der Waals surface area contributed by atoms with E-state index in [0.717, 1.165) is 5.56 Å². The van der Waals surface area contributed by atoms with Crippen molar-refractivity contribution in [2.75, 3.05) is 0 Å². The third-order valence-corrected chi connectivity index (χ3v) is 1.25. The Balaban J connectivity index is 2.72. The molecule has 2 heteroatoms. The molecule has 1 heterocycles. The van der Waals surface area contributed by atoms with E-state index in [1.807, 2.05) is 24.5 Å². The Kier molecular flexibility index (Phi) is 2.55. The van der Waals surface area contributed by atoms with Crippen LogP contribution < -0.4 is 4.98 Å². The molecule has 0 aromatic carbocycles. The molecule has 0 bridgehead atoms. The molecule has 1 N–H and O–H groups in total. The fourth-order valence-corrected chi connectivity index (χ4v) is 0.724. The second kappa shape index (κ2) is 3.66. The normalized spacial score (nSPS) is 10.3. The number of ketones is 1. The van der Waals surface area contributed by atoms with Gasteiger partial charge in [-0.2, -0.15) is 0 Å². The number of H-pyrrole nitrogens is 1. The molecule has 11 heavy (non-hydrogen) atoms. The zero-order valence-corrected chi connectivity index (χ0v) is 6.37. The number of carbonyl (C=O) groups is 1. The van der Waals surface area contributed by atoms with E-state index < -0.39 is 0 Å². The summed E-state index contributed by atoms with van der Waals surface area (Å²) >= 11 is 0. The first-order chi connectivity index (χ1) is 5.29. The van der Waals surface area contributed by atoms with Crippen LogP contribution in [0, 0.1) is 0 Å². The SMILES string of the molecule is CC(=O)/C=C/c1cc[nH+]cc1. The maximum Gasteiger partial charge on any atom is 0.167 e. The highest BCUT2D eigenvalue weighted by molar-refractivity contribution is 5.91. The first kappa shape index (κ1) is 7.66. The molecular weight excluding hydrogens is 138 g/mol. The molecule has 0 aliphatic carbocycles. The first-order valence-electron chi connectivity index (χ1n) is 3.44. The van der Waals surface area contributed by atoms with Crippen molar-refractivity contribution in [3.63, 3.8) is 0 Å². The number of hydrogen-bond acceptors (Lipinski definition) is 1. The van der Waals surface area contributed by atoms with Gasteiger partial charge in [-0.05, 0) is 18.6 Å². The second-order valence-corrected chi connectivity index (χ2v) is 2.28. The van der Waals surface area contributed by atoms with Crippen LogP contribution in [0.4, 0.5) is 0 Å². The molecule has 0 amide bonds. The van der Waals surface area contributed by atoms with Crippen LogP contribution in [-0.4, -0.2) is 5.78 Å². The molecule has 0 radical (unpaired) electrons. The van der Waals surface area contributed by atoms with E-state index in [1.54, 1.807) is 12.2 Å². The lowest BCUT2D eigenvalue weighted by molar-refractivity contribution is -0.378. The van der Waals surface area contributed by atoms with Crippen molar-refractivity contribution >= 4 is 11.9 Å². The van der Waals surface area contributed by atoms with E-state index in [2.05, 4.69) is 4.98 Å². The highest BCUT2D eigenvalue weighted by atomic mass is 16.1. The predicted octanol–water partition coefficient (Wildman–Crippen LogP) is 1.10. The number of allylic oxidation sites excluding steroid dienone is 1. The second-order valence-electron chi connectivity index (χ2n) is 2.28. The molecule has 56 valence electrons. The molecule has 1 aromatic heterocycles. The maximum atomic E-state index is 10.5. The molecule has 0 fully saturated rings. The quantitative estimate of drug-likeness (QED) is 0.578. The maximum absolute atomic E-state index is 10.5. The summed E-state index contributed by atoms with van der Waals surface area (Å²) < 4.78 is 0. The third-order valence-electron chi connectivity index (χ3n) is 1.25. The van der Waals surface area contributed by atoms with Crippen LogP contribution in [-0.2, 0) is 4.79 Å². The van der Waals surface area contributed by atoms with Gasteiger partial charge in [-0.1, -0.05) is 6.08 Å². The minimum Gasteiger partial charge on any atom is -0.295 e. The van der Waals surface area contributed by atoms with Crippen LogP contribution in [0.2, 0.25) is 0 Å². The molecule has 1 rings (SSSR count). The molecule has 0 saturated heterocycles. The van der Waals surface area contributed by atoms with Gasteiger partial charge in [0.1, 0.15) is 0 Å². The molecule has 1 aromatic rings. The Labute approximate surface area is 65.6 Å². The fourth-order valence-electron chi connectivity index (χ4n) is 0.724. The van der Waals surface area contributed by atoms with Gasteiger partial charge in [0.05, 0.1) is 0 Å². The summed E-state index contributed by atoms with van der Waals surface area (Å²) in [7, 11) is 0. The van der Waals surface area contributed by atoms with E-state index in [-0.39, 0.29) is 5.78 Å². The van der Waals surface area contributed by atoms with Crippen LogP contribution in [0.25, 0.3) is 6.08 Å². The monoisotopic (exact) mass is 148 g/mol. The summed E-state index contributed by atoms with van der Waals surface area (Å²) in [6.07, 6.45) is 6.98. The number of rotatable bonds is 2. The van der Waals surface area contributed by atoms with Gasteiger partial charge in [0.25, 0.3) is 0 Å². The number of carbonyl (C=O) groups excluding carboxylic acids is 1. The van der Waals surface area contributed by atoms with Gasteiger partial charge in [-0.25, -0.2) is 4.98 Å². The number of hydrogen-bond donors (Lipinski definition) is 0. The van der Waals surface area contributed by atoms with Crippen LogP contribution in [0.3, 0.4) is 0 Å². The topological polar surface area (TPSA) is 31.2 Å². The molecule has 0 atom stereocenters. The molecule has 0 aliphatic rings. The molecular formula is C9H10NO+. The number of aromatic amines is 1. The number of nitrogens with one attached hydrogen (secondary N) is 1. The molecule has 0 unspecified atom stereocenters. The molecule has 0 spiro atoms. The van der Waals surface area contributed by atoms with E-state index in [1.165, 1.54) is 6.92 Å². The first-order valence-corrected chi connectivity index (χ1v) is 3.44. The summed E-state index contributed by atoms with van der Waals surface area (Å²) in [6.45, 7) is 1.53. The van der Waals surface area contributed by atoms with E-state index in [9.17, 15) is 4.79 Å². The van der Waals surface area contributed by atoms with Gasteiger partial charge >= 0.3 is 0 Å². The van der Waals surface area contributed by atoms with Crippen LogP contribution in [0.1, 0.15) is 12.5 Å². The summed E-state index contributed by atoms with van der Waals surface area (Å²) in [5, 5.41) is 0. The van der Waals surface area contributed by atoms with Crippen molar-refractivity contribution in [2.45, 2.75) is 6.92 Å². The predicted molar refractivity (Wildman–Crippen MR) is 42.7 cm³/mol. The minimum atomic E-state index is 0.0674. The summed E-state index contributed by atoms with van der Waals surface area (Å²) in [4.78, 5) is 13.4. The summed E-state index contributed by atoms with van der Waals surface area (Å²) in [5.41, 5.74) is 1.03. The highest BCUT2D eigenvalue weighted by Gasteiger charge is 1.87. The van der Waals surface area contributed by atoms with Gasteiger partial charge in [0, 0.05) is 12.1 Å². The van der Waals surface area contributed by atoms with Crippen molar-refractivity contribution in [1.82, 2.24) is 0 Å². The van der Waals surface area contributed by atoms with Crippen LogP contribution in [0.5, 0.6) is 0 Å². The Bertz CT molecular complexity index is 264. The van der Waals surface area contributed by atoms with Crippen molar-refractivity contribution in [3.05, 3.63) is 36.2 Å². The zero-order valence-electron chi connectivity index (χ0n) is 6.37. The van der Waals surface area contributed by atoms with Gasteiger partial charge in [-0.15, -0.1) is 0 Å². The molecule has 0 saturated carbocycles. The van der Waals surface area contributed by atoms with Crippen molar-refractivity contribution in [1.29, 1.82) is 0 Å². The van der Waals surface area contributed by atoms with Crippen molar-refractivity contribution in [2.24, 2.45) is 0 Å². The lowest BCUT2D eigenvalue weighted by atomic mass is 10.2. The van der Waals surface area contributed by atoms with Gasteiger partial charge in [-0.3, -0.25) is 4.79 Å². The van der Waals surface area contributed by atoms with Gasteiger partial charge in [0.15, 0.2) is 18.2 Å². The fraction of sp³-hybridized carbons (Fsp3) is 0.111. The summed E-state index contributed by atoms with van der Waals surface area (Å²) in [5.74, 6) is 0.0674. The lowest BCUT2D eigenvalue weighted by Crippen LogP contribution is -1.96. The number of pyridine rings is 1. The average Bonchev–Trinajstić information content (AvgIpc) is 2.03. The van der Waals surface area contributed by atoms with E-state index >= 15 is 0 Å². The molecule has 2 nitrogen and oxygen atoms in total. The molecule has 0 aliphatic heterocycles. The highest BCUT2D eigenvalue weighted by Crippen LogP contribution is 1.96. The standard InChI is InChI=1S/C9H9NO/c1-8(11)2-3-9-4-6-10-7-5-9/h2-7H,1H3/p+1/b3-2+. The van der Waals surface area contributed by atoms with Crippen LogP contribution >= 0.6 is 0 Å². The number of aromatic nitrogens is 1. The minimum absolute atomic E-state index is 0.0674. The van der Waals surface area contributed by atoms with Gasteiger partial charge in [0.2, 0.25) is 0 Å². The van der Waals surface area contributed by atoms with E-state index in [4.69, 9.17) is 0 Å². The average molecular weight is 148 g/mol. The van der Waals surface area contributed by atoms with Crippen molar-refractivity contribution < 1.29 is 9.78 Å². The summed E-state index contributed by atoms with van der Waals surface area (Å²) in [6, 6.07) is 3.80. The smallest absolute Gasteiger partial charge is 0.167 e. The lowest BCUT2D eigenvalue weighted by Gasteiger charge is -1.84.